The summed E-state index contributed by atoms with van der Waals surface area (Å²) in [4.78, 5) is 39.6. The number of methoxy groups -OCH3 is 1. The van der Waals surface area contributed by atoms with Gasteiger partial charge in [0, 0.05) is 26.2 Å². The second-order valence-electron chi connectivity index (χ2n) is 7.69. The van der Waals surface area contributed by atoms with Gasteiger partial charge in [-0.05, 0) is 35.7 Å². The summed E-state index contributed by atoms with van der Waals surface area (Å²) in [5.74, 6) is 0.130. The van der Waals surface area contributed by atoms with Gasteiger partial charge in [0.15, 0.2) is 0 Å². The fourth-order valence-corrected chi connectivity index (χ4v) is 3.65. The van der Waals surface area contributed by atoms with Crippen molar-refractivity contribution in [2.75, 3.05) is 13.7 Å². The number of carbonyl (C=O) groups is 2. The number of amides is 2. The molecule has 3 aromatic rings. The molecule has 0 fully saturated rings. The van der Waals surface area contributed by atoms with Crippen LogP contribution in [0, 0.1) is 6.92 Å². The Bertz CT molecular complexity index is 1200. The van der Waals surface area contributed by atoms with E-state index < -0.39 is 5.69 Å². The number of carbonyl (C=O) groups excluding carboxylic acids is 2. The molecule has 0 aliphatic carbocycles. The summed E-state index contributed by atoms with van der Waals surface area (Å²) in [6, 6.07) is 15.2. The van der Waals surface area contributed by atoms with E-state index in [4.69, 9.17) is 4.74 Å². The normalized spacial score (nSPS) is 13.1. The third kappa shape index (κ3) is 4.41. The highest BCUT2D eigenvalue weighted by molar-refractivity contribution is 5.91. The number of ether oxygens (including phenoxy) is 1. The minimum atomic E-state index is -0.455. The van der Waals surface area contributed by atoms with Crippen LogP contribution in [0.25, 0.3) is 0 Å². The number of hydrogen-bond acceptors (Lipinski definition) is 5. The minimum Gasteiger partial charge on any atom is -0.497 e. The van der Waals surface area contributed by atoms with Crippen molar-refractivity contribution >= 4 is 11.8 Å². The number of nitrogens with zero attached hydrogens (tertiary/aromatic N) is 4. The smallest absolute Gasteiger partial charge is 0.346 e. The number of rotatable bonds is 7. The molecule has 1 N–H and O–H groups in total. The van der Waals surface area contributed by atoms with Gasteiger partial charge in [0.05, 0.1) is 7.11 Å². The van der Waals surface area contributed by atoms with Crippen LogP contribution in [0.1, 0.15) is 27.3 Å². The van der Waals surface area contributed by atoms with E-state index in [0.29, 0.717) is 26.2 Å². The highest BCUT2D eigenvalue weighted by Gasteiger charge is 2.30. The molecule has 0 saturated carbocycles. The Morgan fingerprint density at radius 3 is 2.56 bits per heavy atom. The maximum Gasteiger partial charge on any atom is 0.346 e. The van der Waals surface area contributed by atoms with Crippen molar-refractivity contribution in [1.82, 2.24) is 24.6 Å². The third-order valence-corrected chi connectivity index (χ3v) is 5.56. The molecule has 0 atom stereocenters. The van der Waals surface area contributed by atoms with E-state index in [-0.39, 0.29) is 24.2 Å². The van der Waals surface area contributed by atoms with Gasteiger partial charge in [0.25, 0.3) is 5.91 Å². The van der Waals surface area contributed by atoms with Crippen LogP contribution in [0.15, 0.2) is 53.3 Å². The summed E-state index contributed by atoms with van der Waals surface area (Å²) in [6.45, 7) is 3.27. The average molecular weight is 435 g/mol. The van der Waals surface area contributed by atoms with Crippen LogP contribution in [0.4, 0.5) is 0 Å². The van der Waals surface area contributed by atoms with Gasteiger partial charge in [-0.15, -0.1) is 5.10 Å². The summed E-state index contributed by atoms with van der Waals surface area (Å²) in [6.07, 6.45) is 0. The summed E-state index contributed by atoms with van der Waals surface area (Å²) in [5.41, 5.74) is 2.59. The quantitative estimate of drug-likeness (QED) is 0.604. The van der Waals surface area contributed by atoms with Crippen molar-refractivity contribution in [1.29, 1.82) is 0 Å². The van der Waals surface area contributed by atoms with E-state index in [1.807, 2.05) is 55.5 Å². The van der Waals surface area contributed by atoms with Gasteiger partial charge in [0.2, 0.25) is 11.7 Å². The van der Waals surface area contributed by atoms with Gasteiger partial charge in [-0.2, -0.15) is 0 Å². The SMILES string of the molecule is COc1ccc(CNC(=O)Cn2nc3n(c2=O)CCN(Cc2ccccc2C)C3=O)cc1. The Hall–Kier alpha value is -3.88. The van der Waals surface area contributed by atoms with Gasteiger partial charge in [-0.25, -0.2) is 9.48 Å². The Morgan fingerprint density at radius 1 is 1.09 bits per heavy atom. The number of hydrogen-bond donors (Lipinski definition) is 1. The average Bonchev–Trinajstić information content (AvgIpc) is 3.12. The van der Waals surface area contributed by atoms with Crippen LogP contribution < -0.4 is 15.7 Å². The molecule has 0 unspecified atom stereocenters. The van der Waals surface area contributed by atoms with E-state index in [9.17, 15) is 14.4 Å². The van der Waals surface area contributed by atoms with Crippen LogP contribution in [-0.2, 0) is 31.0 Å². The summed E-state index contributed by atoms with van der Waals surface area (Å²) in [5, 5.41) is 6.93. The zero-order chi connectivity index (χ0) is 22.7. The van der Waals surface area contributed by atoms with Crippen LogP contribution in [0.2, 0.25) is 0 Å². The highest BCUT2D eigenvalue weighted by atomic mass is 16.5. The zero-order valence-electron chi connectivity index (χ0n) is 18.1. The first kappa shape index (κ1) is 21.4. The Labute approximate surface area is 185 Å². The lowest BCUT2D eigenvalue weighted by Crippen LogP contribution is -2.42. The highest BCUT2D eigenvalue weighted by Crippen LogP contribution is 2.15. The molecule has 2 aromatic carbocycles. The maximum absolute atomic E-state index is 12.9. The minimum absolute atomic E-state index is 0.0674. The monoisotopic (exact) mass is 435 g/mol. The molecular formula is C23H25N5O4. The lowest BCUT2D eigenvalue weighted by atomic mass is 10.1. The Kier molecular flexibility index (Phi) is 6.07. The predicted octanol–water partition coefficient (Wildman–Crippen LogP) is 1.33. The first-order valence-electron chi connectivity index (χ1n) is 10.4. The van der Waals surface area contributed by atoms with Gasteiger partial charge in [0.1, 0.15) is 12.3 Å². The lowest BCUT2D eigenvalue weighted by Gasteiger charge is -2.27. The molecule has 1 aromatic heterocycles. The van der Waals surface area contributed by atoms with Crippen molar-refractivity contribution in [3.8, 4) is 5.75 Å². The van der Waals surface area contributed by atoms with Gasteiger partial charge >= 0.3 is 5.69 Å². The molecule has 9 heteroatoms. The molecule has 2 amide bonds. The zero-order valence-corrected chi connectivity index (χ0v) is 18.1. The van der Waals surface area contributed by atoms with E-state index in [0.717, 1.165) is 27.1 Å². The molecule has 166 valence electrons. The number of aromatic nitrogens is 3. The third-order valence-electron chi connectivity index (χ3n) is 5.56. The van der Waals surface area contributed by atoms with Gasteiger partial charge in [-0.1, -0.05) is 36.4 Å². The molecule has 2 heterocycles. The fourth-order valence-electron chi connectivity index (χ4n) is 3.65. The fraction of sp³-hybridized carbons (Fsp3) is 0.304. The van der Waals surface area contributed by atoms with Crippen molar-refractivity contribution in [2.45, 2.75) is 33.1 Å². The van der Waals surface area contributed by atoms with Crippen molar-refractivity contribution < 1.29 is 14.3 Å². The lowest BCUT2D eigenvalue weighted by molar-refractivity contribution is -0.122. The summed E-state index contributed by atoms with van der Waals surface area (Å²) < 4.78 is 7.51. The van der Waals surface area contributed by atoms with E-state index in [1.54, 1.807) is 12.0 Å². The molecule has 9 nitrogen and oxygen atoms in total. The number of fused-ring (bicyclic) bond motifs is 1. The molecule has 1 aliphatic rings. The Balaban J connectivity index is 1.41. The molecule has 4 rings (SSSR count). The van der Waals surface area contributed by atoms with E-state index >= 15 is 0 Å². The van der Waals surface area contributed by atoms with Crippen molar-refractivity contribution in [3.63, 3.8) is 0 Å². The molecule has 32 heavy (non-hydrogen) atoms. The van der Waals surface area contributed by atoms with Gasteiger partial charge < -0.3 is 15.0 Å². The Morgan fingerprint density at radius 2 is 1.84 bits per heavy atom. The number of nitrogens with one attached hydrogen (secondary N) is 1. The van der Waals surface area contributed by atoms with Crippen molar-refractivity contribution in [3.05, 3.63) is 81.5 Å². The van der Waals surface area contributed by atoms with Crippen LogP contribution in [0.3, 0.4) is 0 Å². The predicted molar refractivity (Wildman–Crippen MR) is 117 cm³/mol. The van der Waals surface area contributed by atoms with Gasteiger partial charge in [-0.3, -0.25) is 14.2 Å². The molecule has 0 bridgehead atoms. The molecule has 0 radical (unpaired) electrons. The number of benzene rings is 2. The maximum atomic E-state index is 12.9. The van der Waals surface area contributed by atoms with Crippen LogP contribution in [0.5, 0.6) is 5.75 Å². The standard InChI is InChI=1S/C23H25N5O4/c1-16-5-3-4-6-18(16)14-26-11-12-27-21(22(26)30)25-28(23(27)31)15-20(29)24-13-17-7-9-19(32-2)10-8-17/h3-10H,11-15H2,1-2H3,(H,24,29). The largest absolute Gasteiger partial charge is 0.497 e. The summed E-state index contributed by atoms with van der Waals surface area (Å²) in [7, 11) is 1.59. The molecule has 1 aliphatic heterocycles. The second-order valence-corrected chi connectivity index (χ2v) is 7.69. The molecular weight excluding hydrogens is 410 g/mol. The van der Waals surface area contributed by atoms with Crippen LogP contribution >= 0.6 is 0 Å². The number of aryl methyl sites for hydroxylation is 1. The van der Waals surface area contributed by atoms with Crippen LogP contribution in [-0.4, -0.2) is 44.7 Å². The summed E-state index contributed by atoms with van der Waals surface area (Å²) >= 11 is 0. The first-order valence-corrected chi connectivity index (χ1v) is 10.4. The molecule has 0 saturated heterocycles. The van der Waals surface area contributed by atoms with Crippen molar-refractivity contribution in [2.24, 2.45) is 0 Å². The first-order chi connectivity index (χ1) is 15.5. The molecule has 0 spiro atoms. The second kappa shape index (κ2) is 9.09. The van der Waals surface area contributed by atoms with E-state index in [2.05, 4.69) is 10.4 Å². The topological polar surface area (TPSA) is 98.5 Å². The van der Waals surface area contributed by atoms with E-state index in [1.165, 1.54) is 4.57 Å².